The summed E-state index contributed by atoms with van der Waals surface area (Å²) in [7, 11) is 0. The van der Waals surface area contributed by atoms with Crippen LogP contribution in [0.1, 0.15) is 30.3 Å². The molecule has 0 fully saturated rings. The molecule has 3 aromatic rings. The van der Waals surface area contributed by atoms with E-state index in [1.54, 1.807) is 11.8 Å². The van der Waals surface area contributed by atoms with Crippen LogP contribution in [0.3, 0.4) is 0 Å². The number of benzene rings is 2. The Morgan fingerprint density at radius 3 is 2.64 bits per heavy atom. The van der Waals surface area contributed by atoms with E-state index < -0.39 is 0 Å². The maximum Gasteiger partial charge on any atom is 0.191 e. The molecule has 0 unspecified atom stereocenters. The van der Waals surface area contributed by atoms with Crippen LogP contribution in [0.4, 0.5) is 0 Å². The Morgan fingerprint density at radius 1 is 1.07 bits per heavy atom. The van der Waals surface area contributed by atoms with Crippen molar-refractivity contribution in [3.8, 4) is 5.75 Å². The van der Waals surface area contributed by atoms with Gasteiger partial charge in [0.2, 0.25) is 0 Å². The molecule has 0 saturated carbocycles. The first-order valence-electron chi connectivity index (χ1n) is 9.25. The van der Waals surface area contributed by atoms with E-state index >= 15 is 0 Å². The van der Waals surface area contributed by atoms with Gasteiger partial charge in [0.25, 0.3) is 0 Å². The number of rotatable bonds is 9. The molecule has 1 aromatic heterocycles. The maximum atomic E-state index is 6.06. The van der Waals surface area contributed by atoms with Crippen LogP contribution in [0.5, 0.6) is 5.75 Å². The Hall–Kier alpha value is -1.69. The van der Waals surface area contributed by atoms with Crippen LogP contribution >= 0.6 is 35.0 Å². The zero-order chi connectivity index (χ0) is 19.9. The van der Waals surface area contributed by atoms with E-state index in [9.17, 15) is 0 Å². The Morgan fingerprint density at radius 2 is 1.89 bits per heavy atom. The van der Waals surface area contributed by atoms with Crippen molar-refractivity contribution in [3.05, 3.63) is 69.5 Å². The maximum absolute atomic E-state index is 6.06. The minimum absolute atomic E-state index is 0.629. The van der Waals surface area contributed by atoms with Crippen molar-refractivity contribution in [1.29, 1.82) is 0 Å². The topological polar surface area (TPSA) is 39.9 Å². The second-order valence-electron chi connectivity index (χ2n) is 6.42. The molecule has 0 bridgehead atoms. The molecule has 4 nitrogen and oxygen atoms in total. The molecule has 0 radical (unpaired) electrons. The number of halogens is 2. The molecule has 7 heteroatoms. The lowest BCUT2D eigenvalue weighted by Gasteiger charge is -2.10. The molecule has 0 aliphatic heterocycles. The molecule has 3 rings (SSSR count). The van der Waals surface area contributed by atoms with Gasteiger partial charge in [-0.05, 0) is 61.7 Å². The van der Waals surface area contributed by atoms with Crippen LogP contribution in [-0.4, -0.2) is 21.4 Å². The highest BCUT2D eigenvalue weighted by atomic mass is 35.5. The third-order valence-electron chi connectivity index (χ3n) is 4.31. The molecular formula is C21H23Cl2N3OS. The van der Waals surface area contributed by atoms with E-state index in [-0.39, 0.29) is 0 Å². The Kier molecular flexibility index (Phi) is 7.65. The molecule has 0 saturated heterocycles. The monoisotopic (exact) mass is 435 g/mol. The molecule has 0 aliphatic rings. The minimum Gasteiger partial charge on any atom is -0.493 e. The van der Waals surface area contributed by atoms with Gasteiger partial charge in [-0.2, -0.15) is 0 Å². The molecular weight excluding hydrogens is 413 g/mol. The van der Waals surface area contributed by atoms with E-state index in [2.05, 4.69) is 27.8 Å². The Bertz CT molecular complexity index is 930. The third-order valence-corrected chi connectivity index (χ3v) is 5.81. The fraction of sp³-hybridized carbons (Fsp3) is 0.333. The summed E-state index contributed by atoms with van der Waals surface area (Å²) < 4.78 is 8.05. The van der Waals surface area contributed by atoms with Gasteiger partial charge in [0.15, 0.2) is 5.16 Å². The van der Waals surface area contributed by atoms with Gasteiger partial charge in [-0.3, -0.25) is 0 Å². The number of hydrogen-bond donors (Lipinski definition) is 0. The van der Waals surface area contributed by atoms with Gasteiger partial charge in [-0.1, -0.05) is 47.1 Å². The highest BCUT2D eigenvalue weighted by Gasteiger charge is 2.11. The molecule has 148 valence electrons. The van der Waals surface area contributed by atoms with Gasteiger partial charge < -0.3 is 9.30 Å². The van der Waals surface area contributed by atoms with Gasteiger partial charge >= 0.3 is 0 Å². The lowest BCUT2D eigenvalue weighted by Crippen LogP contribution is -2.06. The Labute approximate surface area is 180 Å². The van der Waals surface area contributed by atoms with Gasteiger partial charge in [0.05, 0.1) is 6.61 Å². The fourth-order valence-electron chi connectivity index (χ4n) is 2.89. The highest BCUT2D eigenvalue weighted by molar-refractivity contribution is 7.98. The largest absolute Gasteiger partial charge is 0.493 e. The summed E-state index contributed by atoms with van der Waals surface area (Å²) >= 11 is 13.7. The smallest absolute Gasteiger partial charge is 0.191 e. The molecule has 0 amide bonds. The quantitative estimate of drug-likeness (QED) is 0.295. The summed E-state index contributed by atoms with van der Waals surface area (Å²) in [5.41, 5.74) is 2.22. The van der Waals surface area contributed by atoms with Crippen LogP contribution in [0.25, 0.3) is 0 Å². The number of nitrogens with zero attached hydrogens (tertiary/aromatic N) is 3. The normalized spacial score (nSPS) is 11.0. The fourth-order valence-corrected chi connectivity index (χ4v) is 4.29. The Balaban J connectivity index is 1.53. The van der Waals surface area contributed by atoms with Crippen LogP contribution in [0.2, 0.25) is 10.0 Å². The molecule has 1 heterocycles. The van der Waals surface area contributed by atoms with Crippen molar-refractivity contribution in [1.82, 2.24) is 14.8 Å². The predicted molar refractivity (Wildman–Crippen MR) is 117 cm³/mol. The first-order valence-corrected chi connectivity index (χ1v) is 11.0. The number of hydrogen-bond acceptors (Lipinski definition) is 4. The number of thioether (sulfide) groups is 1. The van der Waals surface area contributed by atoms with Crippen molar-refractivity contribution in [3.63, 3.8) is 0 Å². The number of aryl methyl sites for hydroxylation is 2. The summed E-state index contributed by atoms with van der Waals surface area (Å²) in [5, 5.41) is 11.2. The molecule has 0 atom stereocenters. The summed E-state index contributed by atoms with van der Waals surface area (Å²) in [4.78, 5) is 0. The molecule has 0 N–H and O–H groups in total. The average Bonchev–Trinajstić information content (AvgIpc) is 3.07. The van der Waals surface area contributed by atoms with Crippen LogP contribution in [0, 0.1) is 6.92 Å². The lowest BCUT2D eigenvalue weighted by atomic mass is 10.2. The highest BCUT2D eigenvalue weighted by Crippen LogP contribution is 2.24. The minimum atomic E-state index is 0.629. The summed E-state index contributed by atoms with van der Waals surface area (Å²) in [6.07, 6.45) is 1.70. The zero-order valence-electron chi connectivity index (χ0n) is 16.0. The van der Waals surface area contributed by atoms with Crippen molar-refractivity contribution in [2.75, 3.05) is 6.61 Å². The van der Waals surface area contributed by atoms with E-state index in [1.807, 2.05) is 43.3 Å². The molecule has 0 spiro atoms. The lowest BCUT2D eigenvalue weighted by molar-refractivity contribution is 0.307. The van der Waals surface area contributed by atoms with Crippen molar-refractivity contribution in [2.24, 2.45) is 0 Å². The van der Waals surface area contributed by atoms with Crippen LogP contribution < -0.4 is 4.74 Å². The average molecular weight is 436 g/mol. The van der Waals surface area contributed by atoms with E-state index in [1.165, 1.54) is 5.56 Å². The van der Waals surface area contributed by atoms with Crippen LogP contribution in [0.15, 0.2) is 47.6 Å². The first kappa shape index (κ1) is 21.0. The van der Waals surface area contributed by atoms with Crippen molar-refractivity contribution in [2.45, 2.75) is 44.1 Å². The molecule has 0 aliphatic carbocycles. The van der Waals surface area contributed by atoms with Crippen LogP contribution in [-0.2, 0) is 18.7 Å². The number of aromatic nitrogens is 3. The van der Waals surface area contributed by atoms with E-state index in [4.69, 9.17) is 27.9 Å². The predicted octanol–water partition coefficient (Wildman–Crippen LogP) is 6.22. The molecule has 2 aromatic carbocycles. The summed E-state index contributed by atoms with van der Waals surface area (Å²) in [5.74, 6) is 2.68. The summed E-state index contributed by atoms with van der Waals surface area (Å²) in [6.45, 7) is 5.59. The summed E-state index contributed by atoms with van der Waals surface area (Å²) in [6, 6.07) is 13.6. The van der Waals surface area contributed by atoms with Gasteiger partial charge in [-0.25, -0.2) is 0 Å². The standard InChI is InChI=1S/C21H23Cl2N3OS/c1-3-26-20(8-5-11-27-19-10-9-18(23)12-15(19)2)24-25-21(26)28-14-16-6-4-7-17(22)13-16/h4,6-7,9-10,12-13H,3,5,8,11,14H2,1-2H3. The zero-order valence-corrected chi connectivity index (χ0v) is 18.3. The van der Waals surface area contributed by atoms with Crippen molar-refractivity contribution < 1.29 is 4.74 Å². The first-order chi connectivity index (χ1) is 13.6. The van der Waals surface area contributed by atoms with Gasteiger partial charge in [0, 0.05) is 28.8 Å². The van der Waals surface area contributed by atoms with Gasteiger partial charge in [0.1, 0.15) is 11.6 Å². The third kappa shape index (κ3) is 5.66. The number of ether oxygens (including phenoxy) is 1. The second-order valence-corrected chi connectivity index (χ2v) is 8.24. The second kappa shape index (κ2) is 10.2. The van der Waals surface area contributed by atoms with E-state index in [0.29, 0.717) is 6.61 Å². The molecule has 28 heavy (non-hydrogen) atoms. The van der Waals surface area contributed by atoms with Crippen molar-refractivity contribution >= 4 is 35.0 Å². The van der Waals surface area contributed by atoms with E-state index in [0.717, 1.165) is 57.5 Å². The van der Waals surface area contributed by atoms with Gasteiger partial charge in [-0.15, -0.1) is 10.2 Å². The SMILES string of the molecule is CCn1c(CCCOc2ccc(Cl)cc2C)nnc1SCc1cccc(Cl)c1.